The van der Waals surface area contributed by atoms with E-state index in [1.807, 2.05) is 38.4 Å². The minimum Gasteiger partial charge on any atom is -0.456 e. The van der Waals surface area contributed by atoms with Crippen LogP contribution in [0.1, 0.15) is 48.3 Å². The summed E-state index contributed by atoms with van der Waals surface area (Å²) < 4.78 is 13.6. The van der Waals surface area contributed by atoms with Gasteiger partial charge >= 0.3 is 0 Å². The molecule has 6 heteroatoms. The Morgan fingerprint density at radius 2 is 2.08 bits per heavy atom. The van der Waals surface area contributed by atoms with Gasteiger partial charge in [-0.15, -0.1) is 0 Å². The van der Waals surface area contributed by atoms with Gasteiger partial charge in [-0.05, 0) is 45.4 Å². The fraction of sp³-hybridized carbons (Fsp3) is 0.474. The van der Waals surface area contributed by atoms with Crippen LogP contribution < -0.4 is 0 Å². The summed E-state index contributed by atoms with van der Waals surface area (Å²) >= 11 is 0. The van der Waals surface area contributed by atoms with E-state index in [1.54, 1.807) is 0 Å². The van der Waals surface area contributed by atoms with E-state index >= 15 is 0 Å². The number of piperidine rings is 1. The van der Waals surface area contributed by atoms with Gasteiger partial charge in [-0.1, -0.05) is 6.42 Å². The van der Waals surface area contributed by atoms with Crippen LogP contribution in [0.15, 0.2) is 33.4 Å². The van der Waals surface area contributed by atoms with Gasteiger partial charge in [-0.2, -0.15) is 0 Å². The van der Waals surface area contributed by atoms with Crippen LogP contribution in [0.3, 0.4) is 0 Å². The standard InChI is InChI=1S/C19H24N4O2/c1-13-7-8-17(24-13)19-21-15(14(2)25-19)12-23-10-5-4-6-16(23)18-20-9-11-22(18)3/h7-9,11,16H,4-6,10,12H2,1-3H3. The molecule has 1 atom stereocenters. The number of aromatic nitrogens is 3. The van der Waals surface area contributed by atoms with Crippen LogP contribution in [0.2, 0.25) is 0 Å². The summed E-state index contributed by atoms with van der Waals surface area (Å²) in [4.78, 5) is 11.7. The number of likely N-dealkylation sites (tertiary alicyclic amines) is 1. The highest BCUT2D eigenvalue weighted by Crippen LogP contribution is 2.32. The number of hydrogen-bond acceptors (Lipinski definition) is 5. The lowest BCUT2D eigenvalue weighted by Crippen LogP contribution is -2.34. The van der Waals surface area contributed by atoms with Crippen LogP contribution in [0.4, 0.5) is 0 Å². The van der Waals surface area contributed by atoms with Crippen LogP contribution in [-0.2, 0) is 13.6 Å². The van der Waals surface area contributed by atoms with E-state index in [-0.39, 0.29) is 0 Å². The Kier molecular flexibility index (Phi) is 4.21. The Bertz CT molecular complexity index is 861. The molecule has 0 radical (unpaired) electrons. The van der Waals surface area contributed by atoms with Gasteiger partial charge < -0.3 is 13.4 Å². The number of imidazole rings is 1. The lowest BCUT2D eigenvalue weighted by Gasteiger charge is -2.34. The van der Waals surface area contributed by atoms with Gasteiger partial charge in [0, 0.05) is 26.0 Å². The molecule has 1 aliphatic rings. The number of furan rings is 1. The molecule has 6 nitrogen and oxygen atoms in total. The fourth-order valence-corrected chi connectivity index (χ4v) is 3.59. The maximum atomic E-state index is 5.85. The van der Waals surface area contributed by atoms with Crippen LogP contribution in [0.5, 0.6) is 0 Å². The first-order chi connectivity index (χ1) is 12.1. The molecular formula is C19H24N4O2. The van der Waals surface area contributed by atoms with Crippen molar-refractivity contribution in [3.8, 4) is 11.7 Å². The minimum atomic E-state index is 0.333. The zero-order valence-electron chi connectivity index (χ0n) is 15.0. The molecule has 0 aliphatic carbocycles. The molecule has 25 heavy (non-hydrogen) atoms. The molecule has 1 aliphatic heterocycles. The lowest BCUT2D eigenvalue weighted by atomic mass is 10.0. The highest BCUT2D eigenvalue weighted by molar-refractivity contribution is 5.45. The first kappa shape index (κ1) is 16.1. The van der Waals surface area contributed by atoms with Gasteiger partial charge in [0.2, 0.25) is 0 Å². The summed E-state index contributed by atoms with van der Waals surface area (Å²) in [7, 11) is 2.06. The summed E-state index contributed by atoms with van der Waals surface area (Å²) in [6, 6.07) is 4.16. The van der Waals surface area contributed by atoms with Gasteiger partial charge in [0.15, 0.2) is 5.76 Å². The number of aryl methyl sites for hydroxylation is 3. The molecule has 132 valence electrons. The second-order valence-electron chi connectivity index (χ2n) is 6.81. The normalized spacial score (nSPS) is 18.8. The average Bonchev–Trinajstić information content (AvgIpc) is 3.30. The maximum Gasteiger partial charge on any atom is 0.263 e. The van der Waals surface area contributed by atoms with Crippen LogP contribution in [-0.4, -0.2) is 26.0 Å². The Morgan fingerprint density at radius 3 is 2.80 bits per heavy atom. The molecule has 1 unspecified atom stereocenters. The molecule has 3 aromatic heterocycles. The van der Waals surface area contributed by atoms with E-state index in [4.69, 9.17) is 13.8 Å². The third-order valence-corrected chi connectivity index (χ3v) is 4.97. The van der Waals surface area contributed by atoms with E-state index < -0.39 is 0 Å². The van der Waals surface area contributed by atoms with E-state index in [2.05, 4.69) is 21.5 Å². The smallest absolute Gasteiger partial charge is 0.263 e. The first-order valence-corrected chi connectivity index (χ1v) is 8.86. The van der Waals surface area contributed by atoms with E-state index in [0.29, 0.717) is 17.7 Å². The maximum absolute atomic E-state index is 5.85. The summed E-state index contributed by atoms with van der Waals surface area (Å²) in [5.74, 6) is 4.09. The molecule has 0 spiro atoms. The van der Waals surface area contributed by atoms with Crippen LogP contribution >= 0.6 is 0 Å². The molecule has 0 N–H and O–H groups in total. The number of rotatable bonds is 4. The van der Waals surface area contributed by atoms with Crippen molar-refractivity contribution in [2.45, 2.75) is 45.7 Å². The zero-order chi connectivity index (χ0) is 17.4. The van der Waals surface area contributed by atoms with Crippen LogP contribution in [0.25, 0.3) is 11.7 Å². The van der Waals surface area contributed by atoms with Crippen molar-refractivity contribution in [1.82, 2.24) is 19.4 Å². The first-order valence-electron chi connectivity index (χ1n) is 8.86. The molecule has 1 fully saturated rings. The number of hydrogen-bond donors (Lipinski definition) is 0. The monoisotopic (exact) mass is 340 g/mol. The van der Waals surface area contributed by atoms with E-state index in [0.717, 1.165) is 42.5 Å². The number of nitrogens with zero attached hydrogens (tertiary/aromatic N) is 4. The predicted octanol–water partition coefficient (Wildman–Crippen LogP) is 4.01. The van der Waals surface area contributed by atoms with Crippen molar-refractivity contribution in [3.05, 3.63) is 47.6 Å². The topological polar surface area (TPSA) is 60.2 Å². The van der Waals surface area contributed by atoms with E-state index in [9.17, 15) is 0 Å². The molecule has 3 aromatic rings. The molecular weight excluding hydrogens is 316 g/mol. The second kappa shape index (κ2) is 6.52. The fourth-order valence-electron chi connectivity index (χ4n) is 3.59. The van der Waals surface area contributed by atoms with E-state index in [1.165, 1.54) is 12.8 Å². The molecule has 0 saturated carbocycles. The van der Waals surface area contributed by atoms with Crippen molar-refractivity contribution >= 4 is 0 Å². The highest BCUT2D eigenvalue weighted by Gasteiger charge is 2.28. The highest BCUT2D eigenvalue weighted by atomic mass is 16.4. The van der Waals surface area contributed by atoms with Gasteiger partial charge in [0.25, 0.3) is 5.89 Å². The van der Waals surface area contributed by atoms with Crippen molar-refractivity contribution in [1.29, 1.82) is 0 Å². The van der Waals surface area contributed by atoms with Crippen LogP contribution in [0, 0.1) is 13.8 Å². The van der Waals surface area contributed by atoms with Gasteiger partial charge in [-0.25, -0.2) is 9.97 Å². The predicted molar refractivity (Wildman–Crippen MR) is 93.9 cm³/mol. The van der Waals surface area contributed by atoms with Crippen molar-refractivity contribution < 1.29 is 8.83 Å². The second-order valence-corrected chi connectivity index (χ2v) is 6.81. The third-order valence-electron chi connectivity index (χ3n) is 4.97. The number of oxazole rings is 1. The molecule has 0 aromatic carbocycles. The zero-order valence-corrected chi connectivity index (χ0v) is 15.0. The largest absolute Gasteiger partial charge is 0.456 e. The summed E-state index contributed by atoms with van der Waals surface area (Å²) in [5, 5.41) is 0. The van der Waals surface area contributed by atoms with Gasteiger partial charge in [0.1, 0.15) is 17.3 Å². The molecule has 4 rings (SSSR count). The summed E-state index contributed by atoms with van der Waals surface area (Å²) in [6.07, 6.45) is 7.47. The molecule has 1 saturated heterocycles. The summed E-state index contributed by atoms with van der Waals surface area (Å²) in [5.41, 5.74) is 0.977. The van der Waals surface area contributed by atoms with Gasteiger partial charge in [0.05, 0.1) is 11.7 Å². The van der Waals surface area contributed by atoms with Crippen molar-refractivity contribution in [2.75, 3.05) is 6.54 Å². The minimum absolute atomic E-state index is 0.333. The summed E-state index contributed by atoms with van der Waals surface area (Å²) in [6.45, 7) is 5.72. The Balaban J connectivity index is 1.58. The third kappa shape index (κ3) is 3.14. The van der Waals surface area contributed by atoms with Gasteiger partial charge in [-0.3, -0.25) is 4.90 Å². The Labute approximate surface area is 147 Å². The quantitative estimate of drug-likeness (QED) is 0.718. The Morgan fingerprint density at radius 1 is 1.20 bits per heavy atom. The SMILES string of the molecule is Cc1ccc(-c2nc(CN3CCCCC3c3nccn3C)c(C)o2)o1. The average molecular weight is 340 g/mol. The lowest BCUT2D eigenvalue weighted by molar-refractivity contribution is 0.129. The van der Waals surface area contributed by atoms with Crippen molar-refractivity contribution in [3.63, 3.8) is 0 Å². The molecule has 0 amide bonds. The Hall–Kier alpha value is -2.34. The van der Waals surface area contributed by atoms with Crippen molar-refractivity contribution in [2.24, 2.45) is 7.05 Å². The molecule has 0 bridgehead atoms. The molecule has 4 heterocycles.